The van der Waals surface area contributed by atoms with Crippen LogP contribution in [0.25, 0.3) is 23.2 Å². The smallest absolute Gasteiger partial charge is 0.240 e. The van der Waals surface area contributed by atoms with Crippen molar-refractivity contribution >= 4 is 23.2 Å². The SMILES string of the molecule is CCOc1nc2ccccc2nc1/C=C/c1cccnc1. The summed E-state index contributed by atoms with van der Waals surface area (Å²) in [6, 6.07) is 11.6. The van der Waals surface area contributed by atoms with Gasteiger partial charge in [-0.2, -0.15) is 0 Å². The molecule has 4 nitrogen and oxygen atoms in total. The molecule has 3 rings (SSSR count). The average Bonchev–Trinajstić information content (AvgIpc) is 2.54. The van der Waals surface area contributed by atoms with Crippen LogP contribution in [0.2, 0.25) is 0 Å². The lowest BCUT2D eigenvalue weighted by Crippen LogP contribution is -1.99. The Balaban J connectivity index is 2.03. The molecule has 0 aliphatic heterocycles. The van der Waals surface area contributed by atoms with Crippen LogP contribution >= 0.6 is 0 Å². The third-order valence-electron chi connectivity index (χ3n) is 2.96. The quantitative estimate of drug-likeness (QED) is 0.731. The minimum absolute atomic E-state index is 0.552. The van der Waals surface area contributed by atoms with E-state index in [0.717, 1.165) is 22.3 Å². The fraction of sp³-hybridized carbons (Fsp3) is 0.118. The van der Waals surface area contributed by atoms with Crippen LogP contribution in [0.3, 0.4) is 0 Å². The number of rotatable bonds is 4. The second kappa shape index (κ2) is 6.13. The molecule has 4 heteroatoms. The van der Waals surface area contributed by atoms with Crippen LogP contribution in [0, 0.1) is 0 Å². The second-order valence-corrected chi connectivity index (χ2v) is 4.46. The highest BCUT2D eigenvalue weighted by molar-refractivity contribution is 5.78. The summed E-state index contributed by atoms with van der Waals surface area (Å²) in [5, 5.41) is 0. The lowest BCUT2D eigenvalue weighted by atomic mass is 10.2. The first-order chi connectivity index (χ1) is 10.4. The number of hydrogen-bond acceptors (Lipinski definition) is 4. The third-order valence-corrected chi connectivity index (χ3v) is 2.96. The van der Waals surface area contributed by atoms with Gasteiger partial charge in [0.05, 0.1) is 17.6 Å². The van der Waals surface area contributed by atoms with Crippen molar-refractivity contribution in [3.63, 3.8) is 0 Å². The van der Waals surface area contributed by atoms with E-state index >= 15 is 0 Å². The molecule has 104 valence electrons. The predicted molar refractivity (Wildman–Crippen MR) is 83.9 cm³/mol. The molecule has 0 unspecified atom stereocenters. The lowest BCUT2D eigenvalue weighted by molar-refractivity contribution is 0.326. The summed E-state index contributed by atoms with van der Waals surface area (Å²) in [7, 11) is 0. The Morgan fingerprint density at radius 2 is 1.81 bits per heavy atom. The highest BCUT2D eigenvalue weighted by Crippen LogP contribution is 2.21. The molecule has 21 heavy (non-hydrogen) atoms. The van der Waals surface area contributed by atoms with E-state index in [2.05, 4.69) is 15.0 Å². The van der Waals surface area contributed by atoms with E-state index < -0.39 is 0 Å². The molecule has 0 aliphatic carbocycles. The van der Waals surface area contributed by atoms with Crippen molar-refractivity contribution in [3.05, 3.63) is 60.0 Å². The van der Waals surface area contributed by atoms with Gasteiger partial charge >= 0.3 is 0 Å². The maximum atomic E-state index is 5.59. The van der Waals surface area contributed by atoms with Gasteiger partial charge in [-0.15, -0.1) is 0 Å². The minimum Gasteiger partial charge on any atom is -0.476 e. The van der Waals surface area contributed by atoms with Gasteiger partial charge in [0.25, 0.3) is 0 Å². The Kier molecular flexibility index (Phi) is 3.87. The summed E-state index contributed by atoms with van der Waals surface area (Å²) in [4.78, 5) is 13.2. The molecule has 0 saturated heterocycles. The Morgan fingerprint density at radius 1 is 1.00 bits per heavy atom. The average molecular weight is 277 g/mol. The molecule has 0 atom stereocenters. The van der Waals surface area contributed by atoms with Crippen LogP contribution in [-0.2, 0) is 0 Å². The molecule has 0 fully saturated rings. The van der Waals surface area contributed by atoms with Crippen molar-refractivity contribution in [3.8, 4) is 5.88 Å². The van der Waals surface area contributed by atoms with Crippen molar-refractivity contribution in [1.29, 1.82) is 0 Å². The van der Waals surface area contributed by atoms with Gasteiger partial charge in [0.1, 0.15) is 5.69 Å². The number of fused-ring (bicyclic) bond motifs is 1. The summed E-state index contributed by atoms with van der Waals surface area (Å²) in [6.07, 6.45) is 7.40. The van der Waals surface area contributed by atoms with Crippen LogP contribution < -0.4 is 4.74 Å². The maximum Gasteiger partial charge on any atom is 0.240 e. The van der Waals surface area contributed by atoms with Crippen molar-refractivity contribution in [2.45, 2.75) is 6.92 Å². The lowest BCUT2D eigenvalue weighted by Gasteiger charge is -2.07. The Labute approximate surface area is 123 Å². The summed E-state index contributed by atoms with van der Waals surface area (Å²) in [5.41, 5.74) is 3.42. The second-order valence-electron chi connectivity index (χ2n) is 4.46. The Bertz CT molecular complexity index is 769. The molecule has 0 amide bonds. The fourth-order valence-electron chi connectivity index (χ4n) is 2.00. The van der Waals surface area contributed by atoms with Gasteiger partial charge in [0.15, 0.2) is 0 Å². The van der Waals surface area contributed by atoms with E-state index in [1.54, 1.807) is 12.4 Å². The molecule has 0 bridgehead atoms. The zero-order chi connectivity index (χ0) is 14.5. The van der Waals surface area contributed by atoms with Crippen LogP contribution in [0.15, 0.2) is 48.8 Å². The molecule has 1 aromatic carbocycles. The van der Waals surface area contributed by atoms with Gasteiger partial charge in [-0.1, -0.05) is 24.3 Å². The van der Waals surface area contributed by atoms with Crippen molar-refractivity contribution in [2.24, 2.45) is 0 Å². The molecule has 3 aromatic rings. The standard InChI is InChI=1S/C17H15N3O/c1-2-21-17-16(10-9-13-6-5-11-18-12-13)19-14-7-3-4-8-15(14)20-17/h3-12H,2H2,1H3/b10-9+. The van der Waals surface area contributed by atoms with E-state index in [9.17, 15) is 0 Å². The predicted octanol–water partition coefficient (Wildman–Crippen LogP) is 3.59. The van der Waals surface area contributed by atoms with E-state index in [4.69, 9.17) is 4.74 Å². The molecular formula is C17H15N3O. The first kappa shape index (κ1) is 13.2. The molecule has 0 saturated carbocycles. The number of para-hydroxylation sites is 2. The normalized spacial score (nSPS) is 11.1. The van der Waals surface area contributed by atoms with Gasteiger partial charge in [-0.05, 0) is 36.8 Å². The number of pyridine rings is 1. The van der Waals surface area contributed by atoms with E-state index in [-0.39, 0.29) is 0 Å². The highest BCUT2D eigenvalue weighted by atomic mass is 16.5. The monoisotopic (exact) mass is 277 g/mol. The molecular weight excluding hydrogens is 262 g/mol. The van der Waals surface area contributed by atoms with Crippen LogP contribution in [0.1, 0.15) is 18.2 Å². The van der Waals surface area contributed by atoms with E-state index in [1.807, 2.05) is 55.5 Å². The highest BCUT2D eigenvalue weighted by Gasteiger charge is 2.07. The Morgan fingerprint density at radius 3 is 2.52 bits per heavy atom. The number of hydrogen-bond donors (Lipinski definition) is 0. The third kappa shape index (κ3) is 3.05. The molecule has 2 heterocycles. The first-order valence-corrected chi connectivity index (χ1v) is 6.84. The number of nitrogens with zero attached hydrogens (tertiary/aromatic N) is 3. The minimum atomic E-state index is 0.552. The van der Waals surface area contributed by atoms with Crippen LogP contribution in [0.5, 0.6) is 5.88 Å². The van der Waals surface area contributed by atoms with Crippen molar-refractivity contribution in [2.75, 3.05) is 6.61 Å². The fourth-order valence-corrected chi connectivity index (χ4v) is 2.00. The zero-order valence-electron chi connectivity index (χ0n) is 11.7. The zero-order valence-corrected chi connectivity index (χ0v) is 11.7. The van der Waals surface area contributed by atoms with Crippen molar-refractivity contribution in [1.82, 2.24) is 15.0 Å². The molecule has 0 aliphatic rings. The summed E-state index contributed by atoms with van der Waals surface area (Å²) in [6.45, 7) is 2.49. The topological polar surface area (TPSA) is 47.9 Å². The van der Waals surface area contributed by atoms with Gasteiger partial charge in [-0.25, -0.2) is 9.97 Å². The number of ether oxygens (including phenoxy) is 1. The Hall–Kier alpha value is -2.75. The van der Waals surface area contributed by atoms with Gasteiger partial charge in [-0.3, -0.25) is 4.98 Å². The van der Waals surface area contributed by atoms with E-state index in [1.165, 1.54) is 0 Å². The summed E-state index contributed by atoms with van der Waals surface area (Å²) < 4.78 is 5.59. The van der Waals surface area contributed by atoms with Gasteiger partial charge < -0.3 is 4.74 Å². The van der Waals surface area contributed by atoms with Gasteiger partial charge in [0.2, 0.25) is 5.88 Å². The summed E-state index contributed by atoms with van der Waals surface area (Å²) in [5.74, 6) is 0.552. The molecule has 0 spiro atoms. The molecule has 0 N–H and O–H groups in total. The van der Waals surface area contributed by atoms with Crippen LogP contribution in [-0.4, -0.2) is 21.6 Å². The van der Waals surface area contributed by atoms with Gasteiger partial charge in [0, 0.05) is 12.4 Å². The number of aromatic nitrogens is 3. The molecule has 2 aromatic heterocycles. The summed E-state index contributed by atoms with van der Waals surface area (Å²) >= 11 is 0. The van der Waals surface area contributed by atoms with Crippen LogP contribution in [0.4, 0.5) is 0 Å². The van der Waals surface area contributed by atoms with Crippen molar-refractivity contribution < 1.29 is 4.74 Å². The largest absolute Gasteiger partial charge is 0.476 e. The number of benzene rings is 1. The molecule has 0 radical (unpaired) electrons. The maximum absolute atomic E-state index is 5.59. The van der Waals surface area contributed by atoms with E-state index in [0.29, 0.717) is 12.5 Å². The first-order valence-electron chi connectivity index (χ1n) is 6.84.